The van der Waals surface area contributed by atoms with Crippen LogP contribution >= 0.6 is 0 Å². The molecule has 3 N–H and O–H groups in total. The Bertz CT molecular complexity index is 1120. The number of benzene rings is 2. The Hall–Kier alpha value is -4.27. The molecule has 2 amide bonds. The number of carbonyl (C=O) groups excluding carboxylic acids is 2. The number of carbonyl (C=O) groups is 2. The SMILES string of the molecule is CCc1ccc(C(=O)NNC(=O)c2ccc(NC(C)c3ccccn3)c([N+](=O)[O-])c2)cc1. The van der Waals surface area contributed by atoms with Crippen molar-refractivity contribution in [1.82, 2.24) is 15.8 Å². The first-order chi connectivity index (χ1) is 15.4. The normalized spacial score (nSPS) is 11.3. The lowest BCUT2D eigenvalue weighted by molar-refractivity contribution is -0.384. The smallest absolute Gasteiger partial charge is 0.293 e. The number of hydrogen-bond acceptors (Lipinski definition) is 6. The van der Waals surface area contributed by atoms with Crippen molar-refractivity contribution < 1.29 is 14.5 Å². The van der Waals surface area contributed by atoms with Crippen LogP contribution in [-0.4, -0.2) is 21.7 Å². The number of aryl methyl sites for hydroxylation is 1. The summed E-state index contributed by atoms with van der Waals surface area (Å²) in [6.45, 7) is 3.84. The van der Waals surface area contributed by atoms with Crippen LogP contribution in [0.5, 0.6) is 0 Å². The Morgan fingerprint density at radius 1 is 1.00 bits per heavy atom. The van der Waals surface area contributed by atoms with Gasteiger partial charge in [-0.2, -0.15) is 0 Å². The number of nitrogens with one attached hydrogen (secondary N) is 3. The van der Waals surface area contributed by atoms with Crippen molar-refractivity contribution in [1.29, 1.82) is 0 Å². The standard InChI is InChI=1S/C23H23N5O4/c1-3-16-7-9-17(10-8-16)22(29)26-27-23(30)18-11-12-20(21(14-18)28(31)32)25-15(2)19-6-4-5-13-24-19/h4-15,25H,3H2,1-2H3,(H,26,29)(H,27,30). The predicted octanol–water partition coefficient (Wildman–Crippen LogP) is 3.80. The summed E-state index contributed by atoms with van der Waals surface area (Å²) < 4.78 is 0. The number of anilines is 1. The van der Waals surface area contributed by atoms with Crippen LogP contribution in [0.4, 0.5) is 11.4 Å². The van der Waals surface area contributed by atoms with Gasteiger partial charge in [0.2, 0.25) is 0 Å². The maximum absolute atomic E-state index is 12.4. The molecule has 1 atom stereocenters. The summed E-state index contributed by atoms with van der Waals surface area (Å²) in [6.07, 6.45) is 2.49. The number of aromatic nitrogens is 1. The average Bonchev–Trinajstić information content (AvgIpc) is 2.83. The van der Waals surface area contributed by atoms with E-state index in [1.54, 1.807) is 24.4 Å². The van der Waals surface area contributed by atoms with Crippen LogP contribution in [0.25, 0.3) is 0 Å². The monoisotopic (exact) mass is 433 g/mol. The molecule has 2 aromatic carbocycles. The van der Waals surface area contributed by atoms with Crippen LogP contribution in [0.2, 0.25) is 0 Å². The lowest BCUT2D eigenvalue weighted by Gasteiger charge is -2.15. The summed E-state index contributed by atoms with van der Waals surface area (Å²) in [5, 5.41) is 14.6. The third kappa shape index (κ3) is 5.45. The molecular formula is C23H23N5O4. The molecule has 0 bridgehead atoms. The van der Waals surface area contributed by atoms with Gasteiger partial charge in [0, 0.05) is 23.4 Å². The number of amides is 2. The molecule has 3 rings (SSSR count). The van der Waals surface area contributed by atoms with E-state index in [0.29, 0.717) is 5.56 Å². The highest BCUT2D eigenvalue weighted by atomic mass is 16.6. The summed E-state index contributed by atoms with van der Waals surface area (Å²) in [4.78, 5) is 39.9. The van der Waals surface area contributed by atoms with Crippen molar-refractivity contribution in [3.63, 3.8) is 0 Å². The second-order valence-corrected chi connectivity index (χ2v) is 7.07. The minimum absolute atomic E-state index is 0.0365. The molecule has 0 saturated carbocycles. The minimum Gasteiger partial charge on any atom is -0.371 e. The van der Waals surface area contributed by atoms with E-state index in [1.807, 2.05) is 38.1 Å². The first-order valence-electron chi connectivity index (χ1n) is 10.0. The maximum Gasteiger partial charge on any atom is 0.293 e. The molecule has 3 aromatic rings. The van der Waals surface area contributed by atoms with Gasteiger partial charge in [-0.15, -0.1) is 0 Å². The number of hydrogen-bond donors (Lipinski definition) is 3. The lowest BCUT2D eigenvalue weighted by atomic mass is 10.1. The quantitative estimate of drug-likeness (QED) is 0.384. The zero-order valence-corrected chi connectivity index (χ0v) is 17.7. The summed E-state index contributed by atoms with van der Waals surface area (Å²) in [5.41, 5.74) is 6.83. The Kier molecular flexibility index (Phi) is 7.12. The average molecular weight is 433 g/mol. The van der Waals surface area contributed by atoms with Crippen LogP contribution in [-0.2, 0) is 6.42 Å². The van der Waals surface area contributed by atoms with Crippen LogP contribution in [0.3, 0.4) is 0 Å². The van der Waals surface area contributed by atoms with E-state index in [2.05, 4.69) is 21.2 Å². The third-order valence-corrected chi connectivity index (χ3v) is 4.87. The lowest BCUT2D eigenvalue weighted by Crippen LogP contribution is -2.41. The molecule has 0 aliphatic rings. The molecule has 0 spiro atoms. The van der Waals surface area contributed by atoms with Crippen LogP contribution in [0, 0.1) is 10.1 Å². The second kappa shape index (κ2) is 10.2. The summed E-state index contributed by atoms with van der Waals surface area (Å²) in [5.74, 6) is -1.16. The van der Waals surface area contributed by atoms with Gasteiger partial charge in [0.25, 0.3) is 17.5 Å². The van der Waals surface area contributed by atoms with Crippen molar-refractivity contribution in [3.8, 4) is 0 Å². The molecule has 0 aliphatic heterocycles. The van der Waals surface area contributed by atoms with E-state index in [0.717, 1.165) is 23.7 Å². The van der Waals surface area contributed by atoms with Crippen LogP contribution in [0.1, 0.15) is 51.9 Å². The zero-order valence-electron chi connectivity index (χ0n) is 17.7. The van der Waals surface area contributed by atoms with Gasteiger partial charge in [0.05, 0.1) is 16.7 Å². The number of nitro benzene ring substituents is 1. The van der Waals surface area contributed by atoms with Gasteiger partial charge in [-0.05, 0) is 55.3 Å². The van der Waals surface area contributed by atoms with Crippen molar-refractivity contribution in [3.05, 3.63) is 99.4 Å². The van der Waals surface area contributed by atoms with Gasteiger partial charge < -0.3 is 5.32 Å². The van der Waals surface area contributed by atoms with Gasteiger partial charge >= 0.3 is 0 Å². The predicted molar refractivity (Wildman–Crippen MR) is 120 cm³/mol. The summed E-state index contributed by atoms with van der Waals surface area (Å²) in [7, 11) is 0. The molecule has 0 fully saturated rings. The van der Waals surface area contributed by atoms with Gasteiger partial charge in [-0.3, -0.25) is 35.5 Å². The number of nitro groups is 1. The number of nitrogens with zero attached hydrogens (tertiary/aromatic N) is 2. The second-order valence-electron chi connectivity index (χ2n) is 7.07. The maximum atomic E-state index is 12.4. The highest BCUT2D eigenvalue weighted by Gasteiger charge is 2.20. The number of rotatable bonds is 7. The van der Waals surface area contributed by atoms with Gasteiger partial charge in [-0.25, -0.2) is 0 Å². The molecule has 1 aromatic heterocycles. The molecule has 9 nitrogen and oxygen atoms in total. The van der Waals surface area contributed by atoms with E-state index in [1.165, 1.54) is 12.1 Å². The fourth-order valence-corrected chi connectivity index (χ4v) is 3.03. The summed E-state index contributed by atoms with van der Waals surface area (Å²) >= 11 is 0. The van der Waals surface area contributed by atoms with Crippen LogP contribution < -0.4 is 16.2 Å². The molecule has 32 heavy (non-hydrogen) atoms. The molecule has 164 valence electrons. The van der Waals surface area contributed by atoms with Crippen molar-refractivity contribution in [2.75, 3.05) is 5.32 Å². The largest absolute Gasteiger partial charge is 0.371 e. The zero-order chi connectivity index (χ0) is 23.1. The van der Waals surface area contributed by atoms with E-state index in [4.69, 9.17) is 0 Å². The Labute approximate surface area is 185 Å². The summed E-state index contributed by atoms with van der Waals surface area (Å²) in [6, 6.07) is 16.2. The van der Waals surface area contributed by atoms with Crippen molar-refractivity contribution in [2.45, 2.75) is 26.3 Å². The minimum atomic E-state index is -0.670. The fraction of sp³-hybridized carbons (Fsp3) is 0.174. The van der Waals surface area contributed by atoms with Crippen LogP contribution in [0.15, 0.2) is 66.9 Å². The highest BCUT2D eigenvalue weighted by Crippen LogP contribution is 2.28. The fourth-order valence-electron chi connectivity index (χ4n) is 3.03. The third-order valence-electron chi connectivity index (χ3n) is 4.87. The van der Waals surface area contributed by atoms with Gasteiger partial charge in [0.15, 0.2) is 0 Å². The molecule has 0 aliphatic carbocycles. The highest BCUT2D eigenvalue weighted by molar-refractivity contribution is 5.99. The Morgan fingerprint density at radius 3 is 2.25 bits per heavy atom. The van der Waals surface area contributed by atoms with E-state index < -0.39 is 16.7 Å². The first kappa shape index (κ1) is 22.4. The molecule has 0 radical (unpaired) electrons. The topological polar surface area (TPSA) is 126 Å². The first-order valence-corrected chi connectivity index (χ1v) is 10.0. The van der Waals surface area contributed by atoms with E-state index in [-0.39, 0.29) is 23.0 Å². The Balaban J connectivity index is 1.69. The molecule has 0 saturated heterocycles. The molecular weight excluding hydrogens is 410 g/mol. The van der Waals surface area contributed by atoms with Crippen molar-refractivity contribution >= 4 is 23.2 Å². The Morgan fingerprint density at radius 2 is 1.66 bits per heavy atom. The number of hydrazine groups is 1. The van der Waals surface area contributed by atoms with Gasteiger partial charge in [0.1, 0.15) is 5.69 Å². The van der Waals surface area contributed by atoms with Crippen molar-refractivity contribution in [2.24, 2.45) is 0 Å². The molecule has 1 heterocycles. The van der Waals surface area contributed by atoms with E-state index in [9.17, 15) is 19.7 Å². The molecule has 1 unspecified atom stereocenters. The molecule has 9 heteroatoms. The van der Waals surface area contributed by atoms with E-state index >= 15 is 0 Å². The van der Waals surface area contributed by atoms with Gasteiger partial charge in [-0.1, -0.05) is 25.1 Å². The number of pyridine rings is 1.